The molecule has 0 amide bonds. The Morgan fingerprint density at radius 3 is 0.400 bits per heavy atom. The Bertz CT molecular complexity index is 15.2. The van der Waals surface area contributed by atoms with Crippen LogP contribution in [-0.2, 0) is 43.4 Å². The van der Waals surface area contributed by atoms with Crippen LogP contribution in [0, 0.1) is 0 Å². The van der Waals surface area contributed by atoms with Gasteiger partial charge in [-0.1, -0.05) is 0 Å². The van der Waals surface area contributed by atoms with Gasteiger partial charge in [-0.25, -0.2) is 0 Å². The van der Waals surface area contributed by atoms with Crippen LogP contribution in [-0.4, -0.2) is 28.4 Å². The molecule has 4 nitrogen and oxygen atoms in total. The summed E-state index contributed by atoms with van der Waals surface area (Å²) in [4.78, 5) is 0. The van der Waals surface area contributed by atoms with E-state index >= 15 is 0 Å². The van der Waals surface area contributed by atoms with Gasteiger partial charge in [0, 0.05) is 0 Å². The summed E-state index contributed by atoms with van der Waals surface area (Å²) in [5.74, 6) is 0. The Balaban J connectivity index is -0.00000000500. The maximum absolute atomic E-state index is 8.25. The molecule has 0 aromatic carbocycles. The first-order valence-electron chi connectivity index (χ1n) is 1.63. The Labute approximate surface area is 92.0 Å². The predicted molar refractivity (Wildman–Crippen MR) is 23.7 cm³/mol. The largest absolute Gasteiger partial charge is 4.00 e. The first-order valence-corrected chi connectivity index (χ1v) is 1.63. The second-order valence-electron chi connectivity index (χ2n) is 0. The SMILES string of the molecule is C[O-].C[O-].C[O-].C[O-].[Ti+4].[Ti+4]. The molecule has 0 radical (unpaired) electrons. The van der Waals surface area contributed by atoms with Crippen molar-refractivity contribution in [3.63, 3.8) is 0 Å². The third-order valence-electron chi connectivity index (χ3n) is 0. The Hall–Kier alpha value is 1.27. The van der Waals surface area contributed by atoms with Crippen molar-refractivity contribution in [2.24, 2.45) is 0 Å². The van der Waals surface area contributed by atoms with E-state index in [2.05, 4.69) is 0 Å². The molecule has 0 fully saturated rings. The van der Waals surface area contributed by atoms with E-state index in [1.165, 1.54) is 0 Å². The van der Waals surface area contributed by atoms with Crippen molar-refractivity contribution in [3.8, 4) is 0 Å². The average molecular weight is 220 g/mol. The predicted octanol–water partition coefficient (Wildman–Crippen LogP) is -4.10. The Kier molecular flexibility index (Phi) is 2350. The van der Waals surface area contributed by atoms with E-state index in [9.17, 15) is 0 Å². The molecule has 56 valence electrons. The molecule has 0 rings (SSSR count). The molecule has 0 aliphatic carbocycles. The maximum Gasteiger partial charge on any atom is 4.00 e. The minimum absolute atomic E-state index is 0. The van der Waals surface area contributed by atoms with Crippen LogP contribution in [0.5, 0.6) is 0 Å². The van der Waals surface area contributed by atoms with Crippen LogP contribution in [0.25, 0.3) is 0 Å². The van der Waals surface area contributed by atoms with Gasteiger partial charge in [-0.05, 0) is 0 Å². The normalized spacial score (nSPS) is 2.40. The van der Waals surface area contributed by atoms with Gasteiger partial charge in [0.25, 0.3) is 0 Å². The third kappa shape index (κ3) is 394. The molecular formula is C4H12O4Ti2+4. The smallest absolute Gasteiger partial charge is 0.857 e. The molecule has 10 heavy (non-hydrogen) atoms. The molecule has 0 bridgehead atoms. The van der Waals surface area contributed by atoms with Crippen molar-refractivity contribution in [3.05, 3.63) is 0 Å². The molecule has 0 saturated carbocycles. The monoisotopic (exact) mass is 220 g/mol. The van der Waals surface area contributed by atoms with Crippen LogP contribution in [0.15, 0.2) is 0 Å². The summed E-state index contributed by atoms with van der Waals surface area (Å²) in [6.45, 7) is 0. The Morgan fingerprint density at radius 2 is 0.400 bits per heavy atom. The van der Waals surface area contributed by atoms with Gasteiger partial charge in [-0.2, -0.15) is 28.4 Å². The zero-order chi connectivity index (χ0) is 8.00. The maximum atomic E-state index is 8.25. The second-order valence-corrected chi connectivity index (χ2v) is 0. The summed E-state index contributed by atoms with van der Waals surface area (Å²) < 4.78 is 0. The molecule has 0 unspecified atom stereocenters. The van der Waals surface area contributed by atoms with Gasteiger partial charge >= 0.3 is 43.4 Å². The van der Waals surface area contributed by atoms with E-state index in [4.69, 9.17) is 20.4 Å². The van der Waals surface area contributed by atoms with E-state index in [0.717, 1.165) is 28.4 Å². The van der Waals surface area contributed by atoms with E-state index in [0.29, 0.717) is 0 Å². The van der Waals surface area contributed by atoms with Gasteiger partial charge in [-0.15, -0.1) is 0 Å². The van der Waals surface area contributed by atoms with Crippen LogP contribution >= 0.6 is 0 Å². The standard InChI is InChI=1S/4CH3O.2Ti/c4*1-2;;/h4*1H3;;/q4*-1;2*+4. The van der Waals surface area contributed by atoms with Crippen LogP contribution in [0.4, 0.5) is 0 Å². The van der Waals surface area contributed by atoms with Crippen molar-refractivity contribution in [2.45, 2.75) is 0 Å². The van der Waals surface area contributed by atoms with Gasteiger partial charge in [-0.3, -0.25) is 0 Å². The summed E-state index contributed by atoms with van der Waals surface area (Å²) >= 11 is 0. The first kappa shape index (κ1) is 42.8. The van der Waals surface area contributed by atoms with E-state index < -0.39 is 0 Å². The fourth-order valence-electron chi connectivity index (χ4n) is 0. The third-order valence-corrected chi connectivity index (χ3v) is 0. The average Bonchev–Trinajstić information content (AvgIpc) is 2.03. The van der Waals surface area contributed by atoms with Gasteiger partial charge in [0.05, 0.1) is 0 Å². The van der Waals surface area contributed by atoms with E-state index in [1.807, 2.05) is 0 Å². The van der Waals surface area contributed by atoms with E-state index in [1.54, 1.807) is 0 Å². The van der Waals surface area contributed by atoms with Crippen molar-refractivity contribution < 1.29 is 63.9 Å². The Morgan fingerprint density at radius 1 is 0.400 bits per heavy atom. The molecule has 0 aliphatic rings. The zero-order valence-electron chi connectivity index (χ0n) is 6.63. The molecule has 0 aliphatic heterocycles. The van der Waals surface area contributed by atoms with Gasteiger partial charge < -0.3 is 20.4 Å². The molecule has 0 N–H and O–H groups in total. The van der Waals surface area contributed by atoms with Crippen LogP contribution < -0.4 is 20.4 Å². The van der Waals surface area contributed by atoms with Crippen molar-refractivity contribution >= 4 is 0 Å². The molecular weight excluding hydrogens is 208 g/mol. The summed E-state index contributed by atoms with van der Waals surface area (Å²) in [5, 5.41) is 33.0. The molecule has 0 aromatic heterocycles. The molecule has 0 heterocycles. The van der Waals surface area contributed by atoms with Gasteiger partial charge in [0.15, 0.2) is 0 Å². The zero-order valence-corrected chi connectivity index (χ0v) is 9.76. The molecule has 0 atom stereocenters. The fourth-order valence-corrected chi connectivity index (χ4v) is 0. The minimum atomic E-state index is 0. The molecule has 6 heteroatoms. The molecule has 0 saturated heterocycles. The topological polar surface area (TPSA) is 92.2 Å². The summed E-state index contributed by atoms with van der Waals surface area (Å²) in [7, 11) is 3.00. The van der Waals surface area contributed by atoms with Crippen LogP contribution in [0.2, 0.25) is 0 Å². The molecule has 0 spiro atoms. The minimum Gasteiger partial charge on any atom is -0.857 e. The van der Waals surface area contributed by atoms with Crippen molar-refractivity contribution in [1.82, 2.24) is 0 Å². The van der Waals surface area contributed by atoms with Crippen LogP contribution in [0.1, 0.15) is 0 Å². The van der Waals surface area contributed by atoms with E-state index in [-0.39, 0.29) is 43.4 Å². The number of hydrogen-bond donors (Lipinski definition) is 0. The number of hydrogen-bond acceptors (Lipinski definition) is 4. The first-order chi connectivity index (χ1) is 4.00. The van der Waals surface area contributed by atoms with Gasteiger partial charge in [0.2, 0.25) is 0 Å². The summed E-state index contributed by atoms with van der Waals surface area (Å²) in [5.41, 5.74) is 0. The fraction of sp³-hybridized carbons (Fsp3) is 1.00. The van der Waals surface area contributed by atoms with Crippen molar-refractivity contribution in [1.29, 1.82) is 0 Å². The van der Waals surface area contributed by atoms with Crippen LogP contribution in [0.3, 0.4) is 0 Å². The second kappa shape index (κ2) is 548. The van der Waals surface area contributed by atoms with Crippen molar-refractivity contribution in [2.75, 3.05) is 28.4 Å². The summed E-state index contributed by atoms with van der Waals surface area (Å²) in [6, 6.07) is 0. The number of rotatable bonds is 0. The molecule has 0 aromatic rings. The quantitative estimate of drug-likeness (QED) is 0.388. The van der Waals surface area contributed by atoms with Gasteiger partial charge in [0.1, 0.15) is 0 Å². The summed E-state index contributed by atoms with van der Waals surface area (Å²) in [6.07, 6.45) is 0.